The first-order valence-corrected chi connectivity index (χ1v) is 9.67. The van der Waals surface area contributed by atoms with Gasteiger partial charge >= 0.3 is 5.97 Å². The molecule has 2 heterocycles. The Kier molecular flexibility index (Phi) is 5.05. The number of para-hydroxylation sites is 1. The Labute approximate surface area is 171 Å². The molecule has 0 saturated carbocycles. The van der Waals surface area contributed by atoms with Gasteiger partial charge in [0.05, 0.1) is 16.2 Å². The summed E-state index contributed by atoms with van der Waals surface area (Å²) in [5.41, 5.74) is 2.65. The van der Waals surface area contributed by atoms with E-state index in [9.17, 15) is 9.59 Å². The normalized spacial score (nSPS) is 16.7. The molecule has 0 aliphatic carbocycles. The Morgan fingerprint density at radius 2 is 1.76 bits per heavy atom. The molecule has 0 bridgehead atoms. The average molecular weight is 403 g/mol. The number of aliphatic imine (C=N–C) groups is 1. The van der Waals surface area contributed by atoms with Gasteiger partial charge in [-0.1, -0.05) is 18.2 Å². The predicted octanol–water partition coefficient (Wildman–Crippen LogP) is 4.41. The molecule has 0 spiro atoms. The van der Waals surface area contributed by atoms with Crippen LogP contribution in [0.15, 0.2) is 82.8 Å². The second-order valence-corrected chi connectivity index (χ2v) is 7.37. The minimum absolute atomic E-state index is 0.112. The molecule has 29 heavy (non-hydrogen) atoms. The maximum absolute atomic E-state index is 12.7. The molecular formula is C22H17N3O3S. The topological polar surface area (TPSA) is 74.9 Å². The molecule has 6 nitrogen and oxygen atoms in total. The quantitative estimate of drug-likeness (QED) is 0.655. The van der Waals surface area contributed by atoms with Gasteiger partial charge in [0.15, 0.2) is 5.17 Å². The third kappa shape index (κ3) is 3.86. The number of amidine groups is 1. The van der Waals surface area contributed by atoms with Crippen LogP contribution in [0.2, 0.25) is 0 Å². The lowest BCUT2D eigenvalue weighted by Gasteiger charge is -2.08. The van der Waals surface area contributed by atoms with Gasteiger partial charge in [0.1, 0.15) is 0 Å². The summed E-state index contributed by atoms with van der Waals surface area (Å²) in [4.78, 5) is 30.4. The van der Waals surface area contributed by atoms with Gasteiger partial charge in [0.25, 0.3) is 5.91 Å². The summed E-state index contributed by atoms with van der Waals surface area (Å²) in [5, 5.41) is 9.68. The van der Waals surface area contributed by atoms with Crippen LogP contribution < -0.4 is 0 Å². The van der Waals surface area contributed by atoms with E-state index in [0.717, 1.165) is 17.1 Å². The highest BCUT2D eigenvalue weighted by Gasteiger charge is 2.30. The van der Waals surface area contributed by atoms with Crippen molar-refractivity contribution in [3.8, 4) is 5.69 Å². The number of hydrogen-bond donors (Lipinski definition) is 1. The summed E-state index contributed by atoms with van der Waals surface area (Å²) in [6, 6.07) is 19.9. The molecule has 0 radical (unpaired) electrons. The van der Waals surface area contributed by atoms with Gasteiger partial charge in [-0.2, -0.15) is 0 Å². The molecule has 7 heteroatoms. The lowest BCUT2D eigenvalue weighted by atomic mass is 10.2. The molecule has 1 N–H and O–H groups in total. The highest BCUT2D eigenvalue weighted by molar-refractivity contribution is 8.18. The molecule has 144 valence electrons. The fourth-order valence-electron chi connectivity index (χ4n) is 2.91. The number of rotatable bonds is 4. The van der Waals surface area contributed by atoms with Gasteiger partial charge in [-0.15, -0.1) is 0 Å². The Morgan fingerprint density at radius 1 is 1.03 bits per heavy atom. The van der Waals surface area contributed by atoms with Crippen molar-refractivity contribution in [2.45, 2.75) is 0 Å². The number of aromatic nitrogens is 1. The lowest BCUT2D eigenvalue weighted by molar-refractivity contribution is -0.121. The number of thioether (sulfide) groups is 1. The second-order valence-electron chi connectivity index (χ2n) is 6.36. The zero-order valence-electron chi connectivity index (χ0n) is 15.5. The molecule has 0 unspecified atom stereocenters. The van der Waals surface area contributed by atoms with Crippen molar-refractivity contribution in [2.24, 2.45) is 4.99 Å². The van der Waals surface area contributed by atoms with Crippen LogP contribution in [0.1, 0.15) is 16.1 Å². The second kappa shape index (κ2) is 7.81. The largest absolute Gasteiger partial charge is 0.478 e. The Morgan fingerprint density at radius 3 is 2.45 bits per heavy atom. The highest BCUT2D eigenvalue weighted by Crippen LogP contribution is 2.33. The zero-order chi connectivity index (χ0) is 20.4. The van der Waals surface area contributed by atoms with E-state index >= 15 is 0 Å². The molecule has 4 rings (SSSR count). The van der Waals surface area contributed by atoms with Crippen molar-refractivity contribution in [1.29, 1.82) is 0 Å². The van der Waals surface area contributed by atoms with E-state index in [2.05, 4.69) is 4.99 Å². The van der Waals surface area contributed by atoms with Gasteiger partial charge in [-0.25, -0.2) is 9.79 Å². The van der Waals surface area contributed by atoms with Crippen molar-refractivity contribution in [1.82, 2.24) is 9.47 Å². The molecule has 1 aliphatic heterocycles. The van der Waals surface area contributed by atoms with E-state index < -0.39 is 5.97 Å². The average Bonchev–Trinajstić information content (AvgIpc) is 3.30. The molecule has 1 saturated heterocycles. The van der Waals surface area contributed by atoms with Crippen molar-refractivity contribution in [3.05, 3.63) is 89.1 Å². The van der Waals surface area contributed by atoms with E-state index in [1.165, 1.54) is 11.8 Å². The van der Waals surface area contributed by atoms with Crippen molar-refractivity contribution >= 4 is 40.6 Å². The van der Waals surface area contributed by atoms with Crippen LogP contribution in [0, 0.1) is 0 Å². The fourth-order valence-corrected chi connectivity index (χ4v) is 3.88. The van der Waals surface area contributed by atoms with Gasteiger partial charge in [-0.3, -0.25) is 9.69 Å². The van der Waals surface area contributed by atoms with Crippen molar-refractivity contribution < 1.29 is 14.7 Å². The number of carbonyl (C=O) groups excluding carboxylic acids is 1. The van der Waals surface area contributed by atoms with Crippen LogP contribution in [-0.4, -0.2) is 38.7 Å². The minimum atomic E-state index is -0.965. The number of nitrogens with zero attached hydrogens (tertiary/aromatic N) is 3. The van der Waals surface area contributed by atoms with Crippen molar-refractivity contribution in [3.63, 3.8) is 0 Å². The van der Waals surface area contributed by atoms with Crippen LogP contribution in [0.5, 0.6) is 0 Å². The van der Waals surface area contributed by atoms with Gasteiger partial charge in [-0.05, 0) is 66.4 Å². The summed E-state index contributed by atoms with van der Waals surface area (Å²) in [6.07, 6.45) is 3.69. The molecule has 3 aromatic rings. The molecule has 1 fully saturated rings. The van der Waals surface area contributed by atoms with Crippen LogP contribution >= 0.6 is 11.8 Å². The number of carbonyl (C=O) groups is 2. The van der Waals surface area contributed by atoms with Gasteiger partial charge in [0.2, 0.25) is 0 Å². The number of benzene rings is 2. The van der Waals surface area contributed by atoms with Crippen LogP contribution in [0.4, 0.5) is 5.69 Å². The maximum atomic E-state index is 12.7. The molecule has 1 aliphatic rings. The monoisotopic (exact) mass is 403 g/mol. The molecule has 1 aromatic heterocycles. The maximum Gasteiger partial charge on any atom is 0.335 e. The first-order chi connectivity index (χ1) is 14.0. The number of hydrogen-bond acceptors (Lipinski definition) is 4. The third-order valence-electron chi connectivity index (χ3n) is 4.44. The number of likely N-dealkylation sites (N-methyl/N-ethyl adjacent to an activating group) is 1. The predicted molar refractivity (Wildman–Crippen MR) is 115 cm³/mol. The molecule has 1 amide bonds. The summed E-state index contributed by atoms with van der Waals surface area (Å²) in [5.74, 6) is -1.08. The summed E-state index contributed by atoms with van der Waals surface area (Å²) in [7, 11) is 1.71. The standard InChI is InChI=1S/C22H17N3O3S/c1-24-20(26)19(29-22(24)23-16-6-3-2-4-7-16)14-18-8-5-13-25(18)17-11-9-15(10-12-17)21(27)28/h2-14H,1H3,(H,27,28)/b19-14-,23-22?. The molecule has 2 aromatic carbocycles. The number of aromatic carboxylic acids is 1. The highest BCUT2D eigenvalue weighted by atomic mass is 32.2. The smallest absolute Gasteiger partial charge is 0.335 e. The summed E-state index contributed by atoms with van der Waals surface area (Å²) in [6.45, 7) is 0. The Bertz CT molecular complexity index is 1130. The van der Waals surface area contributed by atoms with Crippen LogP contribution in [0.3, 0.4) is 0 Å². The van der Waals surface area contributed by atoms with E-state index in [4.69, 9.17) is 5.11 Å². The number of carboxylic acid groups (broad SMARTS) is 1. The van der Waals surface area contributed by atoms with E-state index in [1.807, 2.05) is 59.3 Å². The van der Waals surface area contributed by atoms with Crippen LogP contribution in [-0.2, 0) is 4.79 Å². The molecule has 0 atom stereocenters. The Hall–Kier alpha value is -3.58. The zero-order valence-corrected chi connectivity index (χ0v) is 16.3. The van der Waals surface area contributed by atoms with Crippen LogP contribution in [0.25, 0.3) is 11.8 Å². The third-order valence-corrected chi connectivity index (χ3v) is 5.50. The Balaban J connectivity index is 1.64. The molecular weight excluding hydrogens is 386 g/mol. The first kappa shape index (κ1) is 18.8. The van der Waals surface area contributed by atoms with Gasteiger partial charge < -0.3 is 9.67 Å². The SMILES string of the molecule is CN1C(=O)/C(=C/c2cccn2-c2ccc(C(=O)O)cc2)SC1=Nc1ccccc1. The lowest BCUT2D eigenvalue weighted by Crippen LogP contribution is -2.23. The fraction of sp³-hybridized carbons (Fsp3) is 0.0455. The first-order valence-electron chi connectivity index (χ1n) is 8.85. The number of amides is 1. The summed E-state index contributed by atoms with van der Waals surface area (Å²) >= 11 is 1.33. The van der Waals surface area contributed by atoms with E-state index in [-0.39, 0.29) is 11.5 Å². The van der Waals surface area contributed by atoms with Crippen molar-refractivity contribution in [2.75, 3.05) is 7.05 Å². The number of carboxylic acids is 1. The van der Waals surface area contributed by atoms with E-state index in [1.54, 1.807) is 36.2 Å². The minimum Gasteiger partial charge on any atom is -0.478 e. The van der Waals surface area contributed by atoms with Gasteiger partial charge in [0, 0.05) is 24.6 Å². The summed E-state index contributed by atoms with van der Waals surface area (Å²) < 4.78 is 1.90. The van der Waals surface area contributed by atoms with E-state index in [0.29, 0.717) is 10.1 Å².